The van der Waals surface area contributed by atoms with Crippen molar-refractivity contribution >= 4 is 11.6 Å². The van der Waals surface area contributed by atoms with Crippen LogP contribution in [0.5, 0.6) is 0 Å². The van der Waals surface area contributed by atoms with Crippen molar-refractivity contribution in [2.24, 2.45) is 0 Å². The van der Waals surface area contributed by atoms with Crippen LogP contribution in [0.1, 0.15) is 42.5 Å². The average molecular weight is 313 g/mol. The highest BCUT2D eigenvalue weighted by Crippen LogP contribution is 2.24. The van der Waals surface area contributed by atoms with Gasteiger partial charge in [-0.3, -0.25) is 9.69 Å². The highest BCUT2D eigenvalue weighted by molar-refractivity contribution is 5.94. The Balaban J connectivity index is 1.42. The van der Waals surface area contributed by atoms with Crippen LogP contribution in [0.2, 0.25) is 0 Å². The zero-order chi connectivity index (χ0) is 15.6. The van der Waals surface area contributed by atoms with E-state index < -0.39 is 0 Å². The summed E-state index contributed by atoms with van der Waals surface area (Å²) in [6.45, 7) is 6.35. The van der Waals surface area contributed by atoms with Crippen molar-refractivity contribution in [1.82, 2.24) is 9.80 Å². The van der Waals surface area contributed by atoms with E-state index in [1.807, 2.05) is 12.1 Å². The van der Waals surface area contributed by atoms with Gasteiger partial charge in [-0.1, -0.05) is 0 Å². The molecule has 23 heavy (non-hydrogen) atoms. The Labute approximate surface area is 139 Å². The molecule has 0 N–H and O–H groups in total. The van der Waals surface area contributed by atoms with E-state index in [-0.39, 0.29) is 5.91 Å². The first-order chi connectivity index (χ1) is 11.3. The van der Waals surface area contributed by atoms with Gasteiger partial charge in [-0.15, -0.1) is 0 Å². The van der Waals surface area contributed by atoms with Crippen LogP contribution in [0.15, 0.2) is 24.3 Å². The van der Waals surface area contributed by atoms with E-state index in [2.05, 4.69) is 26.8 Å². The van der Waals surface area contributed by atoms with Crippen molar-refractivity contribution in [3.63, 3.8) is 0 Å². The van der Waals surface area contributed by atoms with Crippen LogP contribution < -0.4 is 4.90 Å². The lowest BCUT2D eigenvalue weighted by Crippen LogP contribution is -2.52. The molecule has 3 heterocycles. The minimum absolute atomic E-state index is 0.210. The highest BCUT2D eigenvalue weighted by atomic mass is 16.2. The second-order valence-electron chi connectivity index (χ2n) is 7.18. The van der Waals surface area contributed by atoms with Gasteiger partial charge in [0, 0.05) is 50.0 Å². The number of hydrogen-bond donors (Lipinski definition) is 0. The van der Waals surface area contributed by atoms with Crippen molar-refractivity contribution in [2.45, 2.75) is 38.1 Å². The fraction of sp³-hybridized carbons (Fsp3) is 0.632. The Morgan fingerprint density at radius 3 is 2.43 bits per heavy atom. The van der Waals surface area contributed by atoms with Crippen molar-refractivity contribution in [3.05, 3.63) is 29.8 Å². The number of rotatable bonds is 2. The van der Waals surface area contributed by atoms with E-state index in [0.29, 0.717) is 6.04 Å². The summed E-state index contributed by atoms with van der Waals surface area (Å²) in [5, 5.41) is 0. The van der Waals surface area contributed by atoms with Gasteiger partial charge in [-0.2, -0.15) is 0 Å². The Morgan fingerprint density at radius 1 is 0.870 bits per heavy atom. The average Bonchev–Trinajstić information content (AvgIpc) is 3.10. The number of hydrogen-bond acceptors (Lipinski definition) is 3. The molecule has 0 saturated carbocycles. The van der Waals surface area contributed by atoms with Crippen molar-refractivity contribution in [1.29, 1.82) is 0 Å². The molecule has 4 nitrogen and oxygen atoms in total. The number of anilines is 1. The molecule has 0 spiro atoms. The lowest BCUT2D eigenvalue weighted by Gasteiger charge is -2.37. The Morgan fingerprint density at radius 2 is 1.65 bits per heavy atom. The van der Waals surface area contributed by atoms with Gasteiger partial charge < -0.3 is 9.80 Å². The lowest BCUT2D eigenvalue weighted by atomic mass is 10.1. The second-order valence-corrected chi connectivity index (χ2v) is 7.18. The van der Waals surface area contributed by atoms with Crippen LogP contribution in [0, 0.1) is 0 Å². The van der Waals surface area contributed by atoms with Crippen LogP contribution >= 0.6 is 0 Å². The molecular formula is C19H27N3O. The minimum Gasteiger partial charge on any atom is -0.372 e. The number of benzene rings is 1. The Kier molecular flexibility index (Phi) is 4.25. The van der Waals surface area contributed by atoms with Gasteiger partial charge >= 0.3 is 0 Å². The first-order valence-corrected chi connectivity index (χ1v) is 9.19. The molecule has 3 fully saturated rings. The topological polar surface area (TPSA) is 26.8 Å². The van der Waals surface area contributed by atoms with Crippen molar-refractivity contribution in [3.8, 4) is 0 Å². The van der Waals surface area contributed by atoms with E-state index in [4.69, 9.17) is 0 Å². The lowest BCUT2D eigenvalue weighted by molar-refractivity contribution is 0.0571. The summed E-state index contributed by atoms with van der Waals surface area (Å²) < 4.78 is 0. The van der Waals surface area contributed by atoms with Crippen LogP contribution in [0.4, 0.5) is 5.69 Å². The second kappa shape index (κ2) is 6.52. The normalized spacial score (nSPS) is 25.5. The van der Waals surface area contributed by atoms with Gasteiger partial charge in [0.2, 0.25) is 0 Å². The number of carbonyl (C=O) groups is 1. The zero-order valence-corrected chi connectivity index (χ0v) is 13.9. The van der Waals surface area contributed by atoms with Crippen molar-refractivity contribution < 1.29 is 4.79 Å². The third-order valence-corrected chi connectivity index (χ3v) is 5.71. The predicted molar refractivity (Wildman–Crippen MR) is 93.0 cm³/mol. The monoisotopic (exact) mass is 313 g/mol. The summed E-state index contributed by atoms with van der Waals surface area (Å²) in [4.78, 5) is 19.8. The molecule has 1 amide bonds. The molecule has 1 aromatic carbocycles. The molecule has 1 unspecified atom stereocenters. The van der Waals surface area contributed by atoms with Gasteiger partial charge in [0.15, 0.2) is 0 Å². The van der Waals surface area contributed by atoms with Gasteiger partial charge in [0.05, 0.1) is 0 Å². The van der Waals surface area contributed by atoms with Crippen molar-refractivity contribution in [2.75, 3.05) is 44.2 Å². The van der Waals surface area contributed by atoms with E-state index >= 15 is 0 Å². The predicted octanol–water partition coefficient (Wildman–Crippen LogP) is 2.60. The number of carbonyl (C=O) groups excluding carboxylic acids is 1. The van der Waals surface area contributed by atoms with E-state index in [1.165, 1.54) is 44.3 Å². The van der Waals surface area contributed by atoms with Crippen LogP contribution in [0.3, 0.4) is 0 Å². The number of piperazine rings is 1. The summed E-state index contributed by atoms with van der Waals surface area (Å²) >= 11 is 0. The molecule has 4 heteroatoms. The maximum Gasteiger partial charge on any atom is 0.253 e. The molecule has 4 rings (SSSR count). The molecular weight excluding hydrogens is 286 g/mol. The highest BCUT2D eigenvalue weighted by Gasteiger charge is 2.32. The molecule has 3 aliphatic rings. The molecule has 0 aromatic heterocycles. The number of piperidine rings is 1. The first kappa shape index (κ1) is 15.0. The summed E-state index contributed by atoms with van der Waals surface area (Å²) in [5.74, 6) is 0.210. The molecule has 3 aliphatic heterocycles. The van der Waals surface area contributed by atoms with Gasteiger partial charge in [0.25, 0.3) is 5.91 Å². The molecule has 0 aliphatic carbocycles. The maximum atomic E-state index is 12.8. The number of fused-ring (bicyclic) bond motifs is 1. The number of amides is 1. The van der Waals surface area contributed by atoms with Gasteiger partial charge in [-0.25, -0.2) is 0 Å². The quantitative estimate of drug-likeness (QED) is 0.840. The summed E-state index contributed by atoms with van der Waals surface area (Å²) in [7, 11) is 0. The van der Waals surface area contributed by atoms with Crippen LogP contribution in [0.25, 0.3) is 0 Å². The van der Waals surface area contributed by atoms with E-state index in [1.54, 1.807) is 0 Å². The zero-order valence-electron chi connectivity index (χ0n) is 13.9. The molecule has 3 saturated heterocycles. The van der Waals surface area contributed by atoms with E-state index in [0.717, 1.165) is 38.3 Å². The first-order valence-electron chi connectivity index (χ1n) is 9.19. The fourth-order valence-electron chi connectivity index (χ4n) is 4.33. The van der Waals surface area contributed by atoms with Crippen LogP contribution in [-0.2, 0) is 0 Å². The fourth-order valence-corrected chi connectivity index (χ4v) is 4.33. The third kappa shape index (κ3) is 3.09. The minimum atomic E-state index is 0.210. The third-order valence-electron chi connectivity index (χ3n) is 5.71. The molecule has 124 valence electrons. The molecule has 1 aromatic rings. The van der Waals surface area contributed by atoms with Gasteiger partial charge in [0.1, 0.15) is 0 Å². The van der Waals surface area contributed by atoms with Crippen LogP contribution in [-0.4, -0.2) is 61.0 Å². The smallest absolute Gasteiger partial charge is 0.253 e. The summed E-state index contributed by atoms with van der Waals surface area (Å²) in [6.07, 6.45) is 6.45. The summed E-state index contributed by atoms with van der Waals surface area (Å²) in [5.41, 5.74) is 2.11. The molecule has 0 bridgehead atoms. The standard InChI is InChI=1S/C19H27N3O/c23-19(22-14-13-21-12-4-5-18(21)15-22)16-6-8-17(9-7-16)20-10-2-1-3-11-20/h6-9,18H,1-5,10-15H2. The maximum absolute atomic E-state index is 12.8. The Bertz CT molecular complexity index is 550. The van der Waals surface area contributed by atoms with Gasteiger partial charge in [-0.05, 0) is 62.9 Å². The van der Waals surface area contributed by atoms with E-state index in [9.17, 15) is 4.79 Å². The number of nitrogens with zero attached hydrogens (tertiary/aromatic N) is 3. The molecule has 1 atom stereocenters. The molecule has 0 radical (unpaired) electrons. The summed E-state index contributed by atoms with van der Waals surface area (Å²) in [6, 6.07) is 8.90. The SMILES string of the molecule is O=C(c1ccc(N2CCCCC2)cc1)N1CCN2CCCC2C1. The largest absolute Gasteiger partial charge is 0.372 e. The Hall–Kier alpha value is -1.55.